The molecule has 5 nitrogen and oxygen atoms in total. The maximum absolute atomic E-state index is 12.0. The highest BCUT2D eigenvalue weighted by Gasteiger charge is 2.15. The highest BCUT2D eigenvalue weighted by atomic mass is 16.5. The zero-order valence-corrected chi connectivity index (χ0v) is 11.0. The van der Waals surface area contributed by atoms with Crippen LogP contribution in [0.4, 0.5) is 5.69 Å². The molecule has 0 atom stereocenters. The zero-order chi connectivity index (χ0) is 13.7. The summed E-state index contributed by atoms with van der Waals surface area (Å²) in [4.78, 5) is 25.4. The van der Waals surface area contributed by atoms with Crippen molar-refractivity contribution in [2.24, 2.45) is 0 Å². The molecule has 0 saturated carbocycles. The van der Waals surface area contributed by atoms with Gasteiger partial charge in [-0.2, -0.15) is 0 Å². The minimum atomic E-state index is -0.101. The summed E-state index contributed by atoms with van der Waals surface area (Å²) in [6, 6.07) is 7.05. The van der Waals surface area contributed by atoms with Gasteiger partial charge in [0, 0.05) is 18.7 Å². The molecule has 0 spiro atoms. The molecule has 1 aromatic rings. The molecule has 102 valence electrons. The molecule has 0 radical (unpaired) electrons. The van der Waals surface area contributed by atoms with Crippen LogP contribution in [0.5, 0.6) is 0 Å². The molecule has 5 heteroatoms. The van der Waals surface area contributed by atoms with E-state index < -0.39 is 0 Å². The van der Waals surface area contributed by atoms with Gasteiger partial charge >= 0.3 is 0 Å². The van der Waals surface area contributed by atoms with Gasteiger partial charge in [-0.05, 0) is 19.1 Å². The fourth-order valence-electron chi connectivity index (χ4n) is 2.05. The summed E-state index contributed by atoms with van der Waals surface area (Å²) < 4.78 is 5.23. The van der Waals surface area contributed by atoms with Gasteiger partial charge in [-0.15, -0.1) is 0 Å². The van der Waals surface area contributed by atoms with Crippen LogP contribution in [0.15, 0.2) is 24.3 Å². The van der Waals surface area contributed by atoms with Crippen molar-refractivity contribution in [3.05, 3.63) is 29.8 Å². The largest absolute Gasteiger partial charge is 0.379 e. The van der Waals surface area contributed by atoms with Gasteiger partial charge in [0.15, 0.2) is 5.78 Å². The fourth-order valence-corrected chi connectivity index (χ4v) is 2.05. The topological polar surface area (TPSA) is 58.6 Å². The lowest BCUT2D eigenvalue weighted by Gasteiger charge is -2.25. The second-order valence-corrected chi connectivity index (χ2v) is 4.54. The molecule has 2 rings (SSSR count). The minimum absolute atomic E-state index is 0.0535. The van der Waals surface area contributed by atoms with Crippen molar-refractivity contribution < 1.29 is 14.3 Å². The van der Waals surface area contributed by atoms with Crippen LogP contribution in [-0.4, -0.2) is 49.4 Å². The molecule has 0 bridgehead atoms. The number of carbonyl (C=O) groups is 2. The first-order chi connectivity index (χ1) is 9.16. The number of Topliss-reactive ketones (excluding diaryl/α,β-unsaturated/α-hetero) is 1. The van der Waals surface area contributed by atoms with Gasteiger partial charge in [0.05, 0.1) is 25.4 Å². The number of hydrogen-bond acceptors (Lipinski definition) is 4. The van der Waals surface area contributed by atoms with Gasteiger partial charge in [-0.25, -0.2) is 0 Å². The molecule has 0 unspecified atom stereocenters. The first kappa shape index (κ1) is 13.7. The molecular weight excluding hydrogens is 244 g/mol. The second-order valence-electron chi connectivity index (χ2n) is 4.54. The number of ketones is 1. The number of amides is 1. The lowest BCUT2D eigenvalue weighted by atomic mass is 10.1. The number of carbonyl (C=O) groups excluding carboxylic acids is 2. The van der Waals surface area contributed by atoms with Crippen molar-refractivity contribution >= 4 is 17.4 Å². The van der Waals surface area contributed by atoms with Crippen LogP contribution < -0.4 is 5.32 Å². The summed E-state index contributed by atoms with van der Waals surface area (Å²) in [6.07, 6.45) is 0. The third kappa shape index (κ3) is 3.87. The average molecular weight is 262 g/mol. The van der Waals surface area contributed by atoms with E-state index in [4.69, 9.17) is 4.74 Å². The summed E-state index contributed by atoms with van der Waals surface area (Å²) in [6.45, 7) is 4.68. The maximum Gasteiger partial charge on any atom is 0.238 e. The van der Waals surface area contributed by atoms with E-state index in [1.54, 1.807) is 24.3 Å². The zero-order valence-electron chi connectivity index (χ0n) is 11.0. The summed E-state index contributed by atoms with van der Waals surface area (Å²) in [5.74, 6) is -0.155. The average Bonchev–Trinajstić information content (AvgIpc) is 2.40. The van der Waals surface area contributed by atoms with Crippen molar-refractivity contribution in [1.29, 1.82) is 0 Å². The van der Waals surface area contributed by atoms with Crippen LogP contribution in [0.3, 0.4) is 0 Å². The van der Waals surface area contributed by atoms with Crippen molar-refractivity contribution in [3.8, 4) is 0 Å². The Labute approximate surface area is 112 Å². The van der Waals surface area contributed by atoms with Crippen molar-refractivity contribution in [2.45, 2.75) is 6.92 Å². The molecule has 1 saturated heterocycles. The second kappa shape index (κ2) is 6.45. The lowest BCUT2D eigenvalue weighted by Crippen LogP contribution is -2.41. The molecule has 19 heavy (non-hydrogen) atoms. The normalized spacial score (nSPS) is 16.1. The Morgan fingerprint density at radius 2 is 1.95 bits per heavy atom. The molecule has 0 aliphatic carbocycles. The van der Waals surface area contributed by atoms with Crippen molar-refractivity contribution in [1.82, 2.24) is 4.90 Å². The lowest BCUT2D eigenvalue weighted by molar-refractivity contribution is -0.118. The standard InChI is InChI=1S/C14H18N2O3/c1-11(17)12-4-2-3-5-13(12)15-14(18)10-16-6-8-19-9-7-16/h2-5H,6-10H2,1H3,(H,15,18). The number of hydrogen-bond donors (Lipinski definition) is 1. The molecule has 1 aromatic carbocycles. The quantitative estimate of drug-likeness (QED) is 0.827. The number of nitrogens with one attached hydrogen (secondary N) is 1. The highest BCUT2D eigenvalue weighted by molar-refractivity contribution is 6.04. The number of nitrogens with zero attached hydrogens (tertiary/aromatic N) is 1. The van der Waals surface area contributed by atoms with E-state index in [1.165, 1.54) is 6.92 Å². The smallest absolute Gasteiger partial charge is 0.238 e. The van der Waals surface area contributed by atoms with E-state index in [-0.39, 0.29) is 11.7 Å². The van der Waals surface area contributed by atoms with Crippen LogP contribution in [0.1, 0.15) is 17.3 Å². The Morgan fingerprint density at radius 1 is 1.26 bits per heavy atom. The molecule has 1 N–H and O–H groups in total. The molecule has 1 heterocycles. The Morgan fingerprint density at radius 3 is 2.63 bits per heavy atom. The molecule has 1 aliphatic rings. The van der Waals surface area contributed by atoms with Crippen LogP contribution in [0.2, 0.25) is 0 Å². The van der Waals surface area contributed by atoms with E-state index in [2.05, 4.69) is 5.32 Å². The number of benzene rings is 1. The Balaban J connectivity index is 1.96. The van der Waals surface area contributed by atoms with Gasteiger partial charge < -0.3 is 10.1 Å². The van der Waals surface area contributed by atoms with Crippen molar-refractivity contribution in [3.63, 3.8) is 0 Å². The molecule has 1 amide bonds. The number of morpholine rings is 1. The van der Waals surface area contributed by atoms with Gasteiger partial charge in [-0.3, -0.25) is 14.5 Å². The highest BCUT2D eigenvalue weighted by Crippen LogP contribution is 2.15. The molecular formula is C14H18N2O3. The number of para-hydroxylation sites is 1. The van der Waals surface area contributed by atoms with Crippen LogP contribution in [0, 0.1) is 0 Å². The SMILES string of the molecule is CC(=O)c1ccccc1NC(=O)CN1CCOCC1. The summed E-state index contributed by atoms with van der Waals surface area (Å²) >= 11 is 0. The third-order valence-electron chi connectivity index (χ3n) is 3.05. The predicted molar refractivity (Wildman–Crippen MR) is 72.3 cm³/mol. The van der Waals surface area contributed by atoms with Gasteiger partial charge in [0.1, 0.15) is 0 Å². The Hall–Kier alpha value is -1.72. The first-order valence-electron chi connectivity index (χ1n) is 6.37. The minimum Gasteiger partial charge on any atom is -0.379 e. The van der Waals surface area contributed by atoms with E-state index in [1.807, 2.05) is 4.90 Å². The monoisotopic (exact) mass is 262 g/mol. The summed E-state index contributed by atoms with van der Waals surface area (Å²) in [5.41, 5.74) is 1.12. The predicted octanol–water partition coefficient (Wildman–Crippen LogP) is 1.16. The molecule has 1 fully saturated rings. The maximum atomic E-state index is 12.0. The van der Waals surface area contributed by atoms with E-state index in [9.17, 15) is 9.59 Å². The Bertz CT molecular complexity index is 468. The van der Waals surface area contributed by atoms with Crippen LogP contribution in [0.25, 0.3) is 0 Å². The number of rotatable bonds is 4. The Kier molecular flexibility index (Phi) is 4.65. The molecule has 1 aliphatic heterocycles. The summed E-state index contributed by atoms with van der Waals surface area (Å²) in [5, 5.41) is 2.80. The third-order valence-corrected chi connectivity index (χ3v) is 3.05. The molecule has 0 aromatic heterocycles. The van der Waals surface area contributed by atoms with Crippen LogP contribution in [-0.2, 0) is 9.53 Å². The summed E-state index contributed by atoms with van der Waals surface area (Å²) in [7, 11) is 0. The van der Waals surface area contributed by atoms with Crippen LogP contribution >= 0.6 is 0 Å². The number of ether oxygens (including phenoxy) is 1. The first-order valence-corrected chi connectivity index (χ1v) is 6.37. The van der Waals surface area contributed by atoms with Gasteiger partial charge in [0.2, 0.25) is 5.91 Å². The fraction of sp³-hybridized carbons (Fsp3) is 0.429. The van der Waals surface area contributed by atoms with Crippen molar-refractivity contribution in [2.75, 3.05) is 38.2 Å². The van der Waals surface area contributed by atoms with E-state index in [0.717, 1.165) is 13.1 Å². The van der Waals surface area contributed by atoms with Gasteiger partial charge in [0.25, 0.3) is 0 Å². The van der Waals surface area contributed by atoms with E-state index in [0.29, 0.717) is 31.0 Å². The van der Waals surface area contributed by atoms with Gasteiger partial charge in [-0.1, -0.05) is 12.1 Å². The van der Waals surface area contributed by atoms with E-state index >= 15 is 0 Å². The number of anilines is 1.